The van der Waals surface area contributed by atoms with Gasteiger partial charge in [-0.3, -0.25) is 0 Å². The van der Waals surface area contributed by atoms with Crippen LogP contribution in [0, 0.1) is 5.92 Å². The third kappa shape index (κ3) is 3.89. The molecule has 0 aliphatic heterocycles. The summed E-state index contributed by atoms with van der Waals surface area (Å²) in [5, 5.41) is 0. The van der Waals surface area contributed by atoms with Crippen LogP contribution in [-0.4, -0.2) is 18.9 Å². The van der Waals surface area contributed by atoms with Crippen molar-refractivity contribution < 1.29 is 9.59 Å². The van der Waals surface area contributed by atoms with Crippen molar-refractivity contribution in [2.45, 2.75) is 44.6 Å². The van der Waals surface area contributed by atoms with E-state index in [0.29, 0.717) is 6.04 Å². The lowest BCUT2D eigenvalue weighted by atomic mass is 9.88. The molecule has 0 aromatic carbocycles. The molecule has 2 nitrogen and oxygen atoms in total. The van der Waals surface area contributed by atoms with E-state index in [1.165, 1.54) is 32.1 Å². The lowest BCUT2D eigenvalue weighted by Gasteiger charge is -2.20. The van der Waals surface area contributed by atoms with Gasteiger partial charge in [0.25, 0.3) is 0 Å². The molecule has 1 aliphatic rings. The number of hydrogen-bond acceptors (Lipinski definition) is 2. The predicted octanol–water partition coefficient (Wildman–Crippen LogP) is 1.43. The fourth-order valence-electron chi connectivity index (χ4n) is 1.81. The molecule has 1 fully saturated rings. The molecule has 0 heterocycles. The molecule has 0 aromatic rings. The molecular formula is C8H17O2Si. The van der Waals surface area contributed by atoms with Gasteiger partial charge in [-0.05, 0) is 18.4 Å². The molecule has 1 rings (SSSR count). The molecule has 3 heteroatoms. The Morgan fingerprint density at radius 2 is 1.73 bits per heavy atom. The van der Waals surface area contributed by atoms with Crippen LogP contribution in [0.1, 0.15) is 38.5 Å². The second kappa shape index (κ2) is 4.90. The van der Waals surface area contributed by atoms with Crippen molar-refractivity contribution in [1.29, 1.82) is 0 Å². The third-order valence-corrected chi connectivity index (χ3v) is 3.24. The van der Waals surface area contributed by atoms with E-state index in [2.05, 4.69) is 0 Å². The SMILES string of the molecule is O[Si](O)CCC1CCCCC1. The zero-order valence-corrected chi connectivity index (χ0v) is 7.92. The van der Waals surface area contributed by atoms with Crippen LogP contribution in [0.25, 0.3) is 0 Å². The minimum absolute atomic E-state index is 0.662. The highest BCUT2D eigenvalue weighted by Crippen LogP contribution is 2.27. The summed E-state index contributed by atoms with van der Waals surface area (Å²) >= 11 is 0. The summed E-state index contributed by atoms with van der Waals surface area (Å²) in [5.74, 6) is 0.794. The molecule has 11 heavy (non-hydrogen) atoms. The highest BCUT2D eigenvalue weighted by atomic mass is 28.3. The van der Waals surface area contributed by atoms with E-state index in [9.17, 15) is 0 Å². The highest BCUT2D eigenvalue weighted by Gasteiger charge is 2.15. The topological polar surface area (TPSA) is 40.5 Å². The minimum atomic E-state index is -1.93. The summed E-state index contributed by atoms with van der Waals surface area (Å²) in [6.07, 6.45) is 7.76. The fraction of sp³-hybridized carbons (Fsp3) is 1.00. The van der Waals surface area contributed by atoms with Gasteiger partial charge < -0.3 is 9.59 Å². The first-order valence-electron chi connectivity index (χ1n) is 4.53. The van der Waals surface area contributed by atoms with Crippen molar-refractivity contribution in [1.82, 2.24) is 0 Å². The van der Waals surface area contributed by atoms with Gasteiger partial charge in [-0.1, -0.05) is 32.1 Å². The molecule has 0 saturated heterocycles. The summed E-state index contributed by atoms with van der Waals surface area (Å²) in [6, 6.07) is 0.662. The molecule has 0 unspecified atom stereocenters. The second-order valence-corrected chi connectivity index (χ2v) is 4.79. The first kappa shape index (κ1) is 9.23. The first-order valence-corrected chi connectivity index (χ1v) is 6.13. The molecule has 0 aromatic heterocycles. The largest absolute Gasteiger partial charge is 0.410 e. The molecule has 0 bridgehead atoms. The van der Waals surface area contributed by atoms with Gasteiger partial charge >= 0.3 is 9.28 Å². The van der Waals surface area contributed by atoms with Crippen LogP contribution in [0.15, 0.2) is 0 Å². The Bertz CT molecular complexity index is 100. The van der Waals surface area contributed by atoms with Crippen molar-refractivity contribution in [2.75, 3.05) is 0 Å². The van der Waals surface area contributed by atoms with Crippen LogP contribution in [0.5, 0.6) is 0 Å². The van der Waals surface area contributed by atoms with Crippen LogP contribution >= 0.6 is 0 Å². The van der Waals surface area contributed by atoms with Gasteiger partial charge in [0.15, 0.2) is 0 Å². The average molecular weight is 173 g/mol. The normalized spacial score (nSPS) is 21.0. The monoisotopic (exact) mass is 173 g/mol. The third-order valence-electron chi connectivity index (χ3n) is 2.50. The summed E-state index contributed by atoms with van der Waals surface area (Å²) in [5.41, 5.74) is 0. The number of hydrogen-bond donors (Lipinski definition) is 2. The zero-order chi connectivity index (χ0) is 8.10. The van der Waals surface area contributed by atoms with Gasteiger partial charge in [0, 0.05) is 0 Å². The van der Waals surface area contributed by atoms with Crippen molar-refractivity contribution in [2.24, 2.45) is 5.92 Å². The molecule has 0 atom stereocenters. The standard InChI is InChI=1S/C8H17O2Si/c9-11(10)7-6-8-4-2-1-3-5-8/h8-10H,1-7H2. The van der Waals surface area contributed by atoms with Crippen molar-refractivity contribution in [3.05, 3.63) is 0 Å². The lowest BCUT2D eigenvalue weighted by Crippen LogP contribution is -2.14. The van der Waals surface area contributed by atoms with E-state index in [-0.39, 0.29) is 0 Å². The molecule has 2 N–H and O–H groups in total. The maximum absolute atomic E-state index is 8.74. The Kier molecular flexibility index (Phi) is 4.11. The summed E-state index contributed by atoms with van der Waals surface area (Å²) in [4.78, 5) is 17.5. The Hall–Kier alpha value is 0.137. The minimum Gasteiger partial charge on any atom is -0.410 e. The molecule has 0 spiro atoms. The van der Waals surface area contributed by atoms with Crippen molar-refractivity contribution in [3.63, 3.8) is 0 Å². The maximum Gasteiger partial charge on any atom is 0.378 e. The van der Waals surface area contributed by atoms with Crippen molar-refractivity contribution in [3.8, 4) is 0 Å². The summed E-state index contributed by atoms with van der Waals surface area (Å²) in [7, 11) is -1.93. The van der Waals surface area contributed by atoms with Crippen molar-refractivity contribution >= 4 is 9.28 Å². The Morgan fingerprint density at radius 3 is 2.27 bits per heavy atom. The molecule has 65 valence electrons. The van der Waals surface area contributed by atoms with Crippen LogP contribution in [-0.2, 0) is 0 Å². The van der Waals surface area contributed by atoms with Crippen LogP contribution in [0.3, 0.4) is 0 Å². The predicted molar refractivity (Wildman–Crippen MR) is 46.2 cm³/mol. The lowest BCUT2D eigenvalue weighted by molar-refractivity contribution is 0.333. The smallest absolute Gasteiger partial charge is 0.378 e. The highest BCUT2D eigenvalue weighted by molar-refractivity contribution is 6.40. The Labute approximate surface area is 70.1 Å². The van der Waals surface area contributed by atoms with E-state index in [1.54, 1.807) is 0 Å². The summed E-state index contributed by atoms with van der Waals surface area (Å²) in [6.45, 7) is 0. The Balaban J connectivity index is 2.05. The molecule has 1 aliphatic carbocycles. The van der Waals surface area contributed by atoms with E-state index < -0.39 is 9.28 Å². The van der Waals surface area contributed by atoms with Crippen LogP contribution in [0.4, 0.5) is 0 Å². The summed E-state index contributed by atoms with van der Waals surface area (Å²) < 4.78 is 0. The first-order chi connectivity index (χ1) is 5.29. The van der Waals surface area contributed by atoms with Gasteiger partial charge in [0.1, 0.15) is 0 Å². The quantitative estimate of drug-likeness (QED) is 0.634. The van der Waals surface area contributed by atoms with Crippen LogP contribution < -0.4 is 0 Å². The Morgan fingerprint density at radius 1 is 1.09 bits per heavy atom. The molecular weight excluding hydrogens is 156 g/mol. The van der Waals surface area contributed by atoms with E-state index in [1.807, 2.05) is 0 Å². The number of rotatable bonds is 3. The average Bonchev–Trinajstić information content (AvgIpc) is 2.03. The van der Waals surface area contributed by atoms with Gasteiger partial charge in [-0.15, -0.1) is 0 Å². The van der Waals surface area contributed by atoms with E-state index in [0.717, 1.165) is 12.3 Å². The van der Waals surface area contributed by atoms with Gasteiger partial charge in [-0.2, -0.15) is 0 Å². The zero-order valence-electron chi connectivity index (χ0n) is 6.92. The van der Waals surface area contributed by atoms with Crippen LogP contribution in [0.2, 0.25) is 6.04 Å². The van der Waals surface area contributed by atoms with E-state index >= 15 is 0 Å². The van der Waals surface area contributed by atoms with E-state index in [4.69, 9.17) is 9.59 Å². The molecule has 1 saturated carbocycles. The molecule has 0 amide bonds. The molecule has 1 radical (unpaired) electrons. The van der Waals surface area contributed by atoms with Gasteiger partial charge in [0.2, 0.25) is 0 Å². The maximum atomic E-state index is 8.74. The fourth-order valence-corrected chi connectivity index (χ4v) is 2.48. The second-order valence-electron chi connectivity index (χ2n) is 3.46. The van der Waals surface area contributed by atoms with Gasteiger partial charge in [0.05, 0.1) is 0 Å². The van der Waals surface area contributed by atoms with Gasteiger partial charge in [-0.25, -0.2) is 0 Å².